The molecule has 0 atom stereocenters. The number of hydrogen-bond acceptors (Lipinski definition) is 5. The first-order valence-electron chi connectivity index (χ1n) is 10.2. The van der Waals surface area contributed by atoms with Crippen molar-refractivity contribution in [2.45, 2.75) is 27.3 Å². The molecule has 0 fully saturated rings. The summed E-state index contributed by atoms with van der Waals surface area (Å²) in [6.07, 6.45) is 2.63. The summed E-state index contributed by atoms with van der Waals surface area (Å²) in [6, 6.07) is 12.5. The fourth-order valence-corrected chi connectivity index (χ4v) is 4.15. The number of nitrogens with one attached hydrogen (secondary N) is 1. The van der Waals surface area contributed by atoms with Gasteiger partial charge >= 0.3 is 0 Å². The van der Waals surface area contributed by atoms with Crippen LogP contribution in [0, 0.1) is 22.6 Å². The Kier molecular flexibility index (Phi) is 7.50. The number of ketones is 1. The van der Waals surface area contributed by atoms with Crippen molar-refractivity contribution in [3.05, 3.63) is 84.0 Å². The number of carbonyl (C=O) groups excluding carboxylic acids is 2. The number of benzene rings is 2. The van der Waals surface area contributed by atoms with E-state index in [2.05, 4.69) is 5.32 Å². The van der Waals surface area contributed by atoms with Crippen molar-refractivity contribution in [1.29, 1.82) is 5.26 Å². The van der Waals surface area contributed by atoms with Gasteiger partial charge in [0.15, 0.2) is 5.78 Å². The van der Waals surface area contributed by atoms with Crippen LogP contribution in [0.1, 0.15) is 31.9 Å². The predicted octanol–water partition coefficient (Wildman–Crippen LogP) is 3.44. The highest BCUT2D eigenvalue weighted by Gasteiger charge is 2.20. The molecule has 3 aromatic rings. The third-order valence-corrected chi connectivity index (χ3v) is 6.17. The molecular weight excluding hydrogens is 477 g/mol. The average molecular weight is 498 g/mol. The first-order valence-corrected chi connectivity index (χ1v) is 11.4. The molecule has 0 saturated carbocycles. The molecule has 174 valence electrons. The molecule has 0 aliphatic heterocycles. The van der Waals surface area contributed by atoms with Crippen molar-refractivity contribution in [3.63, 3.8) is 0 Å². The second-order valence-electron chi connectivity index (χ2n) is 8.47. The van der Waals surface area contributed by atoms with Gasteiger partial charge in [-0.2, -0.15) is 5.26 Å². The molecule has 0 spiro atoms. The second-order valence-corrected chi connectivity index (χ2v) is 9.94. The van der Waals surface area contributed by atoms with Crippen LogP contribution in [0.25, 0.3) is 12.2 Å². The number of hydrogen-bond donors (Lipinski definition) is 1. The van der Waals surface area contributed by atoms with Crippen molar-refractivity contribution in [2.75, 3.05) is 5.32 Å². The quantitative estimate of drug-likeness (QED) is 0.584. The molecule has 0 aliphatic carbocycles. The molecule has 1 aromatic heterocycles. The summed E-state index contributed by atoms with van der Waals surface area (Å²) in [6.45, 7) is 4.84. The Morgan fingerprint density at radius 3 is 2.59 bits per heavy atom. The first-order chi connectivity index (χ1) is 16.0. The van der Waals surface area contributed by atoms with Gasteiger partial charge in [-0.05, 0) is 36.4 Å². The highest BCUT2D eigenvalue weighted by molar-refractivity contribution is 7.07. The first kappa shape index (κ1) is 25.1. The third kappa shape index (κ3) is 5.87. The Morgan fingerprint density at radius 2 is 1.94 bits per heavy atom. The van der Waals surface area contributed by atoms with Gasteiger partial charge in [0.1, 0.15) is 17.0 Å². The van der Waals surface area contributed by atoms with Crippen LogP contribution in [0.3, 0.4) is 0 Å². The van der Waals surface area contributed by atoms with Crippen molar-refractivity contribution in [2.24, 2.45) is 5.41 Å². The lowest BCUT2D eigenvalue weighted by Gasteiger charge is -2.13. The molecule has 0 saturated heterocycles. The van der Waals surface area contributed by atoms with Crippen LogP contribution >= 0.6 is 22.9 Å². The highest BCUT2D eigenvalue weighted by atomic mass is 35.5. The SMILES string of the molecule is CC(C)(C)C(=O)C=c1sc(=Cc2c(F)cccc2Cl)c(=O)n1CC(=O)Nc1cccc(C#N)c1. The molecule has 2 aromatic carbocycles. The average Bonchev–Trinajstić information content (AvgIpc) is 3.04. The van der Waals surface area contributed by atoms with Gasteiger partial charge in [-0.25, -0.2) is 4.39 Å². The van der Waals surface area contributed by atoms with Gasteiger partial charge in [0.2, 0.25) is 5.91 Å². The molecule has 1 heterocycles. The van der Waals surface area contributed by atoms with E-state index in [1.54, 1.807) is 39.0 Å². The topological polar surface area (TPSA) is 92.0 Å². The van der Waals surface area contributed by atoms with Gasteiger partial charge in [0.05, 0.1) is 21.2 Å². The Hall–Kier alpha value is -3.54. The summed E-state index contributed by atoms with van der Waals surface area (Å²) in [4.78, 5) is 38.5. The number of carbonyl (C=O) groups is 2. The molecule has 9 heteroatoms. The monoisotopic (exact) mass is 497 g/mol. The molecular formula is C25H21ClFN3O3S. The smallest absolute Gasteiger partial charge is 0.269 e. The molecule has 0 radical (unpaired) electrons. The standard InChI is InChI=1S/C25H21ClFN3O3S/c1-25(2,3)21(31)12-23-30(14-22(32)29-16-7-4-6-15(10-16)13-28)24(33)20(34-23)11-17-18(26)8-5-9-19(17)27/h4-12H,14H2,1-3H3,(H,29,32). The summed E-state index contributed by atoms with van der Waals surface area (Å²) in [5.74, 6) is -1.36. The van der Waals surface area contributed by atoms with E-state index >= 15 is 0 Å². The van der Waals surface area contributed by atoms with E-state index in [9.17, 15) is 18.8 Å². The summed E-state index contributed by atoms with van der Waals surface area (Å²) in [5.41, 5.74) is -0.453. The van der Waals surface area contributed by atoms with Gasteiger partial charge in [-0.3, -0.25) is 19.0 Å². The van der Waals surface area contributed by atoms with Gasteiger partial charge in [0.25, 0.3) is 5.56 Å². The number of anilines is 1. The minimum atomic E-state index is -0.705. The van der Waals surface area contributed by atoms with Crippen LogP contribution in [0.2, 0.25) is 5.02 Å². The minimum absolute atomic E-state index is 0.0427. The largest absolute Gasteiger partial charge is 0.324 e. The third-order valence-electron chi connectivity index (χ3n) is 4.78. The van der Waals surface area contributed by atoms with Gasteiger partial charge < -0.3 is 5.32 Å². The molecule has 34 heavy (non-hydrogen) atoms. The summed E-state index contributed by atoms with van der Waals surface area (Å²) < 4.78 is 15.8. The van der Waals surface area contributed by atoms with Crippen LogP contribution in [0.4, 0.5) is 10.1 Å². The maximum Gasteiger partial charge on any atom is 0.269 e. The number of amides is 1. The lowest BCUT2D eigenvalue weighted by Crippen LogP contribution is -2.36. The van der Waals surface area contributed by atoms with E-state index in [1.807, 2.05) is 6.07 Å². The maximum absolute atomic E-state index is 14.3. The molecule has 0 aliphatic rings. The fourth-order valence-electron chi connectivity index (χ4n) is 2.91. The van der Waals surface area contributed by atoms with E-state index in [-0.39, 0.29) is 32.1 Å². The van der Waals surface area contributed by atoms with Crippen molar-refractivity contribution in [3.8, 4) is 6.07 Å². The maximum atomic E-state index is 14.3. The molecule has 6 nitrogen and oxygen atoms in total. The minimum Gasteiger partial charge on any atom is -0.324 e. The van der Waals surface area contributed by atoms with Crippen molar-refractivity contribution < 1.29 is 14.0 Å². The van der Waals surface area contributed by atoms with E-state index in [0.717, 1.165) is 11.3 Å². The molecule has 0 unspecified atom stereocenters. The summed E-state index contributed by atoms with van der Waals surface area (Å²) in [5, 5.41) is 11.8. The van der Waals surface area contributed by atoms with E-state index in [4.69, 9.17) is 16.9 Å². The molecule has 0 bridgehead atoms. The predicted molar refractivity (Wildman–Crippen MR) is 132 cm³/mol. The zero-order valence-electron chi connectivity index (χ0n) is 18.7. The van der Waals surface area contributed by atoms with Crippen LogP contribution in [-0.4, -0.2) is 16.3 Å². The lowest BCUT2D eigenvalue weighted by molar-refractivity contribution is -0.120. The van der Waals surface area contributed by atoms with E-state index in [1.165, 1.54) is 41.0 Å². The number of halogens is 2. The Bertz CT molecular complexity index is 1470. The number of thiazole rings is 1. The van der Waals surface area contributed by atoms with Crippen LogP contribution in [0.15, 0.2) is 47.3 Å². The van der Waals surface area contributed by atoms with Crippen molar-refractivity contribution >= 4 is 52.5 Å². The summed E-state index contributed by atoms with van der Waals surface area (Å²) >= 11 is 7.06. The Morgan fingerprint density at radius 1 is 1.24 bits per heavy atom. The zero-order valence-corrected chi connectivity index (χ0v) is 20.3. The van der Waals surface area contributed by atoms with Crippen LogP contribution < -0.4 is 20.1 Å². The van der Waals surface area contributed by atoms with Crippen molar-refractivity contribution in [1.82, 2.24) is 4.57 Å². The Balaban J connectivity index is 2.09. The Labute approximate surface area is 204 Å². The number of rotatable bonds is 5. The van der Waals surface area contributed by atoms with Gasteiger partial charge in [-0.15, -0.1) is 11.3 Å². The van der Waals surface area contributed by atoms with Gasteiger partial charge in [0, 0.05) is 22.7 Å². The zero-order chi connectivity index (χ0) is 25.0. The summed E-state index contributed by atoms with van der Waals surface area (Å²) in [7, 11) is 0. The van der Waals surface area contributed by atoms with Gasteiger partial charge in [-0.1, -0.05) is 44.5 Å². The number of aromatic nitrogens is 1. The van der Waals surface area contributed by atoms with E-state index in [0.29, 0.717) is 11.3 Å². The molecule has 1 N–H and O–H groups in total. The fraction of sp³-hybridized carbons (Fsp3) is 0.200. The van der Waals surface area contributed by atoms with Crippen LogP contribution in [0.5, 0.6) is 0 Å². The normalized spacial score (nSPS) is 12.5. The second kappa shape index (κ2) is 10.2. The molecule has 3 rings (SSSR count). The number of nitrogens with zero attached hydrogens (tertiary/aromatic N) is 2. The van der Waals surface area contributed by atoms with E-state index < -0.39 is 22.7 Å². The lowest BCUT2D eigenvalue weighted by atomic mass is 9.91. The van der Waals surface area contributed by atoms with Crippen LogP contribution in [-0.2, 0) is 16.1 Å². The number of Topliss-reactive ketones (excluding diaryl/α,β-unsaturated/α-hetero) is 1. The highest BCUT2D eigenvalue weighted by Crippen LogP contribution is 2.19. The molecule has 1 amide bonds. The number of nitriles is 1.